The van der Waals surface area contributed by atoms with Crippen LogP contribution >= 0.6 is 0 Å². The molecule has 1 heterocycles. The van der Waals surface area contributed by atoms with Crippen molar-refractivity contribution in [1.29, 1.82) is 0 Å². The maximum Gasteiger partial charge on any atom is 0.278 e. The maximum absolute atomic E-state index is 10.9. The molecule has 116 valence electrons. The molecule has 1 saturated carbocycles. The van der Waals surface area contributed by atoms with Crippen LogP contribution in [-0.4, -0.2) is 47.6 Å². The van der Waals surface area contributed by atoms with Crippen molar-refractivity contribution in [2.75, 3.05) is 32.1 Å². The normalized spacial score (nSPS) is 14.2. The van der Waals surface area contributed by atoms with Gasteiger partial charge in [-0.3, -0.25) is 10.1 Å². The summed E-state index contributed by atoms with van der Waals surface area (Å²) in [5.74, 6) is 0.781. The molecule has 1 aliphatic carbocycles. The molecule has 0 aromatic carbocycles. The molecular formula is C14H22N4O3. The smallest absolute Gasteiger partial charge is 0.278 e. The van der Waals surface area contributed by atoms with Gasteiger partial charge in [-0.2, -0.15) is 4.98 Å². The number of nitrogens with zero attached hydrogens (tertiary/aromatic N) is 3. The maximum atomic E-state index is 10.9. The average Bonchev–Trinajstić information content (AvgIpc) is 3.29. The molecule has 0 unspecified atom stereocenters. The number of hydrogen-bond acceptors (Lipinski definition) is 6. The number of nitrogens with one attached hydrogen (secondary N) is 1. The molecule has 1 fully saturated rings. The summed E-state index contributed by atoms with van der Waals surface area (Å²) in [6, 6.07) is 3.47. The Bertz CT molecular complexity index is 491. The highest BCUT2D eigenvalue weighted by molar-refractivity contribution is 5.48. The van der Waals surface area contributed by atoms with E-state index in [1.165, 1.54) is 25.0 Å². The van der Waals surface area contributed by atoms with E-state index in [9.17, 15) is 10.1 Å². The summed E-state index contributed by atoms with van der Waals surface area (Å²) in [5, 5.41) is 14.0. The van der Waals surface area contributed by atoms with Gasteiger partial charge in [0.1, 0.15) is 12.4 Å². The van der Waals surface area contributed by atoms with Gasteiger partial charge in [0.05, 0.1) is 17.1 Å². The predicted molar refractivity (Wildman–Crippen MR) is 80.8 cm³/mol. The van der Waals surface area contributed by atoms with Crippen molar-refractivity contribution in [2.24, 2.45) is 0 Å². The van der Waals surface area contributed by atoms with E-state index < -0.39 is 4.92 Å². The number of aromatic nitrogens is 1. The molecule has 7 heteroatoms. The molecule has 0 aliphatic heterocycles. The van der Waals surface area contributed by atoms with Crippen molar-refractivity contribution in [1.82, 2.24) is 9.88 Å². The van der Waals surface area contributed by atoms with Crippen LogP contribution in [0.15, 0.2) is 12.1 Å². The Morgan fingerprint density at radius 1 is 1.52 bits per heavy atom. The molecular weight excluding hydrogens is 272 g/mol. The zero-order chi connectivity index (χ0) is 15.2. The molecule has 0 amide bonds. The van der Waals surface area contributed by atoms with Crippen LogP contribution in [-0.2, 0) is 0 Å². The van der Waals surface area contributed by atoms with Gasteiger partial charge in [0.2, 0.25) is 5.88 Å². The molecule has 0 saturated heterocycles. The summed E-state index contributed by atoms with van der Waals surface area (Å²) < 4.78 is 5.57. The number of likely N-dealkylation sites (N-methyl/N-ethyl adjacent to an activating group) is 1. The van der Waals surface area contributed by atoms with Crippen LogP contribution in [0, 0.1) is 10.1 Å². The van der Waals surface area contributed by atoms with E-state index in [4.69, 9.17) is 4.74 Å². The second-order valence-corrected chi connectivity index (χ2v) is 5.29. The van der Waals surface area contributed by atoms with Gasteiger partial charge in [-0.25, -0.2) is 0 Å². The fraction of sp³-hybridized carbons (Fsp3) is 0.643. The van der Waals surface area contributed by atoms with Crippen molar-refractivity contribution in [3.8, 4) is 5.88 Å². The molecule has 7 nitrogen and oxygen atoms in total. The van der Waals surface area contributed by atoms with Gasteiger partial charge in [-0.15, -0.1) is 0 Å². The van der Waals surface area contributed by atoms with Crippen LogP contribution in [0.3, 0.4) is 0 Å². The Balaban J connectivity index is 1.95. The monoisotopic (exact) mass is 294 g/mol. The third-order valence-corrected chi connectivity index (χ3v) is 3.42. The third kappa shape index (κ3) is 4.86. The number of anilines is 1. The SMILES string of the molecule is CCCNc1cc([N+](=O)[O-])cc(OCCN(C)C2CC2)n1. The Morgan fingerprint density at radius 2 is 2.29 bits per heavy atom. The number of rotatable bonds is 9. The standard InChI is InChI=1S/C14H22N4O3/c1-3-6-15-13-9-12(18(19)20)10-14(16-13)21-8-7-17(2)11-4-5-11/h9-11H,3-8H2,1-2H3,(H,15,16). The highest BCUT2D eigenvalue weighted by Gasteiger charge is 2.25. The van der Waals surface area contributed by atoms with Gasteiger partial charge in [-0.1, -0.05) is 6.92 Å². The van der Waals surface area contributed by atoms with Crippen molar-refractivity contribution >= 4 is 11.5 Å². The highest BCUT2D eigenvalue weighted by atomic mass is 16.6. The fourth-order valence-electron chi connectivity index (χ4n) is 2.01. The lowest BCUT2D eigenvalue weighted by Crippen LogP contribution is -2.26. The minimum atomic E-state index is -0.429. The number of hydrogen-bond donors (Lipinski definition) is 1. The average molecular weight is 294 g/mol. The number of nitro groups is 1. The molecule has 0 atom stereocenters. The van der Waals surface area contributed by atoms with Crippen LogP contribution in [0.2, 0.25) is 0 Å². The predicted octanol–water partition coefficient (Wildman–Crippen LogP) is 2.28. The highest BCUT2D eigenvalue weighted by Crippen LogP contribution is 2.25. The van der Waals surface area contributed by atoms with E-state index in [1.807, 2.05) is 6.92 Å². The molecule has 1 aromatic rings. The zero-order valence-corrected chi connectivity index (χ0v) is 12.5. The van der Waals surface area contributed by atoms with Crippen LogP contribution in [0.1, 0.15) is 26.2 Å². The summed E-state index contributed by atoms with van der Waals surface area (Å²) in [4.78, 5) is 17.0. The minimum absolute atomic E-state index is 0.00542. The molecule has 0 spiro atoms. The van der Waals surface area contributed by atoms with E-state index >= 15 is 0 Å². The van der Waals surface area contributed by atoms with E-state index in [-0.39, 0.29) is 5.69 Å². The van der Waals surface area contributed by atoms with Crippen molar-refractivity contribution < 1.29 is 9.66 Å². The first kappa shape index (κ1) is 15.5. The van der Waals surface area contributed by atoms with Crippen LogP contribution in [0.4, 0.5) is 11.5 Å². The Labute approximate surface area is 124 Å². The lowest BCUT2D eigenvalue weighted by Gasteiger charge is -2.15. The first-order valence-corrected chi connectivity index (χ1v) is 7.33. The van der Waals surface area contributed by atoms with E-state index in [0.29, 0.717) is 24.3 Å². The second kappa shape index (κ2) is 7.21. The van der Waals surface area contributed by atoms with Crippen LogP contribution in [0.25, 0.3) is 0 Å². The molecule has 1 aliphatic rings. The van der Waals surface area contributed by atoms with Gasteiger partial charge in [0.25, 0.3) is 5.69 Å². The van der Waals surface area contributed by atoms with Crippen LogP contribution < -0.4 is 10.1 Å². The van der Waals surface area contributed by atoms with E-state index in [2.05, 4.69) is 22.2 Å². The molecule has 21 heavy (non-hydrogen) atoms. The van der Waals surface area contributed by atoms with Gasteiger partial charge in [0, 0.05) is 19.1 Å². The largest absolute Gasteiger partial charge is 0.476 e. The zero-order valence-electron chi connectivity index (χ0n) is 12.5. The van der Waals surface area contributed by atoms with Gasteiger partial charge in [0.15, 0.2) is 0 Å². The quantitative estimate of drug-likeness (QED) is 0.556. The number of ether oxygens (including phenoxy) is 1. The summed E-state index contributed by atoms with van der Waals surface area (Å²) in [5.41, 5.74) is -0.00542. The Morgan fingerprint density at radius 3 is 2.90 bits per heavy atom. The summed E-state index contributed by atoms with van der Waals surface area (Å²) >= 11 is 0. The van der Waals surface area contributed by atoms with E-state index in [1.54, 1.807) is 0 Å². The first-order chi connectivity index (χ1) is 10.1. The second-order valence-electron chi connectivity index (χ2n) is 5.29. The summed E-state index contributed by atoms with van der Waals surface area (Å²) in [6.07, 6.45) is 3.42. The molecule has 1 N–H and O–H groups in total. The molecule has 0 bridgehead atoms. The molecule has 1 aromatic heterocycles. The molecule has 0 radical (unpaired) electrons. The summed E-state index contributed by atoms with van der Waals surface area (Å²) in [7, 11) is 2.07. The van der Waals surface area contributed by atoms with Crippen molar-refractivity contribution in [3.63, 3.8) is 0 Å². The van der Waals surface area contributed by atoms with E-state index in [0.717, 1.165) is 19.5 Å². The Kier molecular flexibility index (Phi) is 5.32. The van der Waals surface area contributed by atoms with Crippen molar-refractivity contribution in [2.45, 2.75) is 32.2 Å². The van der Waals surface area contributed by atoms with Crippen LogP contribution in [0.5, 0.6) is 5.88 Å². The molecule has 2 rings (SSSR count). The number of pyridine rings is 1. The third-order valence-electron chi connectivity index (χ3n) is 3.42. The van der Waals surface area contributed by atoms with Gasteiger partial charge in [-0.05, 0) is 26.3 Å². The minimum Gasteiger partial charge on any atom is -0.476 e. The summed E-state index contributed by atoms with van der Waals surface area (Å²) in [6.45, 7) is 4.02. The first-order valence-electron chi connectivity index (χ1n) is 7.33. The fourth-order valence-corrected chi connectivity index (χ4v) is 2.01. The van der Waals surface area contributed by atoms with Crippen molar-refractivity contribution in [3.05, 3.63) is 22.2 Å². The van der Waals surface area contributed by atoms with Gasteiger partial charge < -0.3 is 15.0 Å². The lowest BCUT2D eigenvalue weighted by molar-refractivity contribution is -0.384. The lowest BCUT2D eigenvalue weighted by atomic mass is 10.3. The van der Waals surface area contributed by atoms with Gasteiger partial charge >= 0.3 is 0 Å². The topological polar surface area (TPSA) is 80.5 Å². The Hall–Kier alpha value is -1.89.